The number of piperidine rings is 1. The standard InChI is InChI=1S/C16H24N2O4S/c1-17-10-7-13-8-11-18(12-9-13)23(20,21)15-6-4-3-5-14(15)16(19)22-2/h3-6,13,17H,7-12H2,1-2H3. The van der Waals surface area contributed by atoms with Crippen molar-refractivity contribution in [1.82, 2.24) is 9.62 Å². The lowest BCUT2D eigenvalue weighted by Gasteiger charge is -2.31. The van der Waals surface area contributed by atoms with Crippen molar-refractivity contribution in [3.63, 3.8) is 0 Å². The third-order valence-electron chi connectivity index (χ3n) is 4.29. The van der Waals surface area contributed by atoms with Crippen LogP contribution in [0.3, 0.4) is 0 Å². The molecule has 7 heteroatoms. The second-order valence-electron chi connectivity index (χ2n) is 5.73. The van der Waals surface area contributed by atoms with Gasteiger partial charge in [-0.15, -0.1) is 0 Å². The van der Waals surface area contributed by atoms with E-state index in [-0.39, 0.29) is 10.5 Å². The third kappa shape index (κ3) is 4.10. The van der Waals surface area contributed by atoms with E-state index in [0.29, 0.717) is 19.0 Å². The highest BCUT2D eigenvalue weighted by Crippen LogP contribution is 2.27. The summed E-state index contributed by atoms with van der Waals surface area (Å²) in [6, 6.07) is 6.21. The van der Waals surface area contributed by atoms with Gasteiger partial charge >= 0.3 is 5.97 Å². The molecule has 0 saturated carbocycles. The average molecular weight is 340 g/mol. The Balaban J connectivity index is 2.16. The molecule has 0 unspecified atom stereocenters. The number of sulfonamides is 1. The fraction of sp³-hybridized carbons (Fsp3) is 0.562. The van der Waals surface area contributed by atoms with Gasteiger partial charge in [-0.25, -0.2) is 13.2 Å². The predicted molar refractivity (Wildman–Crippen MR) is 87.8 cm³/mol. The van der Waals surface area contributed by atoms with Crippen molar-refractivity contribution in [3.05, 3.63) is 29.8 Å². The van der Waals surface area contributed by atoms with Crippen LogP contribution < -0.4 is 5.32 Å². The molecule has 1 N–H and O–H groups in total. The van der Waals surface area contributed by atoms with Gasteiger partial charge < -0.3 is 10.1 Å². The fourth-order valence-electron chi connectivity index (χ4n) is 2.90. The molecule has 2 rings (SSSR count). The Morgan fingerprint density at radius 2 is 1.96 bits per heavy atom. The van der Waals surface area contributed by atoms with Crippen molar-refractivity contribution < 1.29 is 17.9 Å². The second kappa shape index (κ2) is 7.90. The Kier molecular flexibility index (Phi) is 6.15. The van der Waals surface area contributed by atoms with Crippen LogP contribution in [0, 0.1) is 5.92 Å². The van der Waals surface area contributed by atoms with E-state index >= 15 is 0 Å². The minimum atomic E-state index is -3.67. The zero-order chi connectivity index (χ0) is 16.9. The lowest BCUT2D eigenvalue weighted by molar-refractivity contribution is 0.0596. The zero-order valence-electron chi connectivity index (χ0n) is 13.6. The lowest BCUT2D eigenvalue weighted by Crippen LogP contribution is -2.39. The summed E-state index contributed by atoms with van der Waals surface area (Å²) in [7, 11) is -0.506. The molecule has 0 spiro atoms. The largest absolute Gasteiger partial charge is 0.465 e. The second-order valence-corrected chi connectivity index (χ2v) is 7.63. The quantitative estimate of drug-likeness (QED) is 0.794. The summed E-state index contributed by atoms with van der Waals surface area (Å²) in [4.78, 5) is 11.9. The first-order valence-electron chi connectivity index (χ1n) is 7.82. The monoisotopic (exact) mass is 340 g/mol. The SMILES string of the molecule is CNCCC1CCN(S(=O)(=O)c2ccccc2C(=O)OC)CC1. The van der Waals surface area contributed by atoms with E-state index in [1.165, 1.54) is 23.5 Å². The van der Waals surface area contributed by atoms with Gasteiger partial charge in [0.15, 0.2) is 0 Å². The fourth-order valence-corrected chi connectivity index (χ4v) is 4.55. The molecule has 1 fully saturated rings. The Morgan fingerprint density at radius 1 is 1.30 bits per heavy atom. The van der Waals surface area contributed by atoms with E-state index in [1.54, 1.807) is 12.1 Å². The van der Waals surface area contributed by atoms with Crippen LogP contribution in [0.2, 0.25) is 0 Å². The van der Waals surface area contributed by atoms with Crippen LogP contribution in [0.5, 0.6) is 0 Å². The van der Waals surface area contributed by atoms with Crippen LogP contribution in [-0.4, -0.2) is 52.5 Å². The van der Waals surface area contributed by atoms with E-state index < -0.39 is 16.0 Å². The van der Waals surface area contributed by atoms with E-state index in [2.05, 4.69) is 5.32 Å². The van der Waals surface area contributed by atoms with Crippen molar-refractivity contribution in [2.24, 2.45) is 5.92 Å². The molecule has 0 bridgehead atoms. The van der Waals surface area contributed by atoms with Gasteiger partial charge in [-0.05, 0) is 50.9 Å². The van der Waals surface area contributed by atoms with Crippen molar-refractivity contribution in [2.75, 3.05) is 33.8 Å². The molecule has 0 radical (unpaired) electrons. The highest BCUT2D eigenvalue weighted by atomic mass is 32.2. The Hall–Kier alpha value is -1.44. The number of carbonyl (C=O) groups is 1. The number of rotatable bonds is 6. The maximum atomic E-state index is 12.9. The van der Waals surface area contributed by atoms with Crippen molar-refractivity contribution >= 4 is 16.0 Å². The molecule has 0 aromatic heterocycles. The summed E-state index contributed by atoms with van der Waals surface area (Å²) in [6.07, 6.45) is 2.76. The molecule has 6 nitrogen and oxygen atoms in total. The number of nitrogens with zero attached hydrogens (tertiary/aromatic N) is 1. The van der Waals surface area contributed by atoms with E-state index in [9.17, 15) is 13.2 Å². The van der Waals surface area contributed by atoms with Crippen LogP contribution in [0.1, 0.15) is 29.6 Å². The van der Waals surface area contributed by atoms with Crippen molar-refractivity contribution in [2.45, 2.75) is 24.2 Å². The molecule has 1 aliphatic rings. The first-order valence-corrected chi connectivity index (χ1v) is 9.26. The number of esters is 1. The highest BCUT2D eigenvalue weighted by Gasteiger charge is 2.32. The molecule has 1 aromatic carbocycles. The van der Waals surface area contributed by atoms with Crippen LogP contribution >= 0.6 is 0 Å². The first kappa shape index (κ1) is 17.9. The van der Waals surface area contributed by atoms with E-state index in [4.69, 9.17) is 4.74 Å². The molecular weight excluding hydrogens is 316 g/mol. The summed E-state index contributed by atoms with van der Waals surface area (Å²) in [5, 5.41) is 3.13. The molecule has 0 aliphatic carbocycles. The van der Waals surface area contributed by atoms with Crippen LogP contribution in [0.4, 0.5) is 0 Å². The third-order valence-corrected chi connectivity index (χ3v) is 6.24. The molecular formula is C16H24N2O4S. The number of carbonyl (C=O) groups excluding carboxylic acids is 1. The smallest absolute Gasteiger partial charge is 0.339 e. The predicted octanol–water partition coefficient (Wildman–Crippen LogP) is 1.48. The molecule has 1 aromatic rings. The number of hydrogen-bond acceptors (Lipinski definition) is 5. The number of nitrogens with one attached hydrogen (secondary N) is 1. The van der Waals surface area contributed by atoms with Crippen molar-refractivity contribution in [3.8, 4) is 0 Å². The summed E-state index contributed by atoms with van der Waals surface area (Å²) in [6.45, 7) is 1.93. The summed E-state index contributed by atoms with van der Waals surface area (Å²) < 4.78 is 31.9. The van der Waals surface area contributed by atoms with E-state index in [1.807, 2.05) is 7.05 Å². The maximum Gasteiger partial charge on any atom is 0.339 e. The minimum Gasteiger partial charge on any atom is -0.465 e. The molecule has 1 aliphatic heterocycles. The summed E-state index contributed by atoms with van der Waals surface area (Å²) in [5.74, 6) is -0.0853. The molecule has 0 atom stereocenters. The van der Waals surface area contributed by atoms with Gasteiger partial charge in [-0.2, -0.15) is 4.31 Å². The number of hydrogen-bond donors (Lipinski definition) is 1. The van der Waals surface area contributed by atoms with Crippen LogP contribution in [0.25, 0.3) is 0 Å². The van der Waals surface area contributed by atoms with Gasteiger partial charge in [0.25, 0.3) is 0 Å². The topological polar surface area (TPSA) is 75.7 Å². The molecule has 128 valence electrons. The van der Waals surface area contributed by atoms with Gasteiger partial charge in [-0.1, -0.05) is 12.1 Å². The average Bonchev–Trinajstić information content (AvgIpc) is 2.59. The molecule has 1 heterocycles. The number of methoxy groups -OCH3 is 1. The van der Waals surface area contributed by atoms with E-state index in [0.717, 1.165) is 25.8 Å². The molecule has 23 heavy (non-hydrogen) atoms. The Bertz CT molecular complexity index is 637. The highest BCUT2D eigenvalue weighted by molar-refractivity contribution is 7.89. The Morgan fingerprint density at radius 3 is 2.57 bits per heavy atom. The molecule has 0 amide bonds. The summed E-state index contributed by atoms with van der Waals surface area (Å²) >= 11 is 0. The van der Waals surface area contributed by atoms with Crippen LogP contribution in [-0.2, 0) is 14.8 Å². The zero-order valence-corrected chi connectivity index (χ0v) is 14.4. The van der Waals surface area contributed by atoms with Gasteiger partial charge in [0.2, 0.25) is 10.0 Å². The summed E-state index contributed by atoms with van der Waals surface area (Å²) in [5.41, 5.74) is 0.0901. The van der Waals surface area contributed by atoms with Crippen LogP contribution in [0.15, 0.2) is 29.2 Å². The van der Waals surface area contributed by atoms with Gasteiger partial charge in [0, 0.05) is 13.1 Å². The number of benzene rings is 1. The minimum absolute atomic E-state index is 0.0283. The Labute approximate surface area is 137 Å². The normalized spacial score (nSPS) is 17.1. The van der Waals surface area contributed by atoms with Gasteiger partial charge in [0.05, 0.1) is 17.6 Å². The first-order chi connectivity index (χ1) is 11.0. The maximum absolute atomic E-state index is 12.9. The lowest BCUT2D eigenvalue weighted by atomic mass is 9.95. The van der Waals surface area contributed by atoms with Gasteiger partial charge in [0.1, 0.15) is 0 Å². The van der Waals surface area contributed by atoms with Crippen molar-refractivity contribution in [1.29, 1.82) is 0 Å². The molecule has 1 saturated heterocycles. The van der Waals surface area contributed by atoms with Gasteiger partial charge in [-0.3, -0.25) is 0 Å². The number of ether oxygens (including phenoxy) is 1.